The van der Waals surface area contributed by atoms with E-state index in [0.29, 0.717) is 19.4 Å². The van der Waals surface area contributed by atoms with Crippen LogP contribution in [-0.2, 0) is 26.0 Å². The molecule has 180 valence electrons. The van der Waals surface area contributed by atoms with Crippen molar-refractivity contribution in [3.05, 3.63) is 23.8 Å². The molecule has 1 aromatic carbocycles. The van der Waals surface area contributed by atoms with Gasteiger partial charge >= 0.3 is 0 Å². The molecule has 3 heterocycles. The number of fused-ring (bicyclic) bond motifs is 1. The molecule has 8 heteroatoms. The predicted octanol–water partition coefficient (Wildman–Crippen LogP) is 3.18. The maximum absolute atomic E-state index is 13.5. The van der Waals surface area contributed by atoms with Gasteiger partial charge in [0.05, 0.1) is 10.8 Å². The number of benzene rings is 1. The van der Waals surface area contributed by atoms with Gasteiger partial charge in [0.25, 0.3) is 0 Å². The van der Waals surface area contributed by atoms with E-state index in [4.69, 9.17) is 0 Å². The Balaban J connectivity index is 1.32. The number of sulfonamides is 1. The maximum atomic E-state index is 13.5. The zero-order valence-electron chi connectivity index (χ0n) is 19.5. The van der Waals surface area contributed by atoms with Gasteiger partial charge in [0.15, 0.2) is 0 Å². The van der Waals surface area contributed by atoms with E-state index in [2.05, 4.69) is 0 Å². The molecule has 0 bridgehead atoms. The van der Waals surface area contributed by atoms with Crippen LogP contribution >= 0.6 is 0 Å². The molecule has 5 rings (SSSR count). The van der Waals surface area contributed by atoms with Crippen LogP contribution in [0.25, 0.3) is 0 Å². The number of likely N-dealkylation sites (tertiary alicyclic amines) is 1. The third kappa shape index (κ3) is 4.44. The van der Waals surface area contributed by atoms with Crippen LogP contribution in [0.5, 0.6) is 0 Å². The number of amides is 2. The molecule has 1 aromatic rings. The predicted molar refractivity (Wildman–Crippen MR) is 126 cm³/mol. The maximum Gasteiger partial charge on any atom is 0.243 e. The van der Waals surface area contributed by atoms with E-state index in [1.807, 2.05) is 16.7 Å². The highest BCUT2D eigenvalue weighted by Gasteiger charge is 2.40. The van der Waals surface area contributed by atoms with Gasteiger partial charge < -0.3 is 9.80 Å². The van der Waals surface area contributed by atoms with Crippen molar-refractivity contribution in [1.29, 1.82) is 0 Å². The second-order valence-electron chi connectivity index (χ2n) is 10.3. The Morgan fingerprint density at radius 1 is 0.879 bits per heavy atom. The second kappa shape index (κ2) is 9.02. The molecule has 33 heavy (non-hydrogen) atoms. The van der Waals surface area contributed by atoms with Crippen LogP contribution in [0.1, 0.15) is 63.9 Å². The van der Waals surface area contributed by atoms with Gasteiger partial charge in [0, 0.05) is 43.8 Å². The Labute approximate surface area is 197 Å². The second-order valence-corrected chi connectivity index (χ2v) is 12.2. The van der Waals surface area contributed by atoms with Gasteiger partial charge in [0.2, 0.25) is 21.8 Å². The van der Waals surface area contributed by atoms with Crippen molar-refractivity contribution < 1.29 is 18.0 Å². The first-order chi connectivity index (χ1) is 15.9. The van der Waals surface area contributed by atoms with Gasteiger partial charge in [-0.1, -0.05) is 12.8 Å². The van der Waals surface area contributed by atoms with Crippen molar-refractivity contribution in [3.8, 4) is 0 Å². The summed E-state index contributed by atoms with van der Waals surface area (Å²) in [6.07, 6.45) is 8.43. The van der Waals surface area contributed by atoms with Crippen LogP contribution in [0.15, 0.2) is 23.1 Å². The van der Waals surface area contributed by atoms with E-state index in [1.165, 1.54) is 4.31 Å². The van der Waals surface area contributed by atoms with Crippen LogP contribution in [0.2, 0.25) is 0 Å². The lowest BCUT2D eigenvalue weighted by Crippen LogP contribution is -2.47. The van der Waals surface area contributed by atoms with Gasteiger partial charge in [0.1, 0.15) is 0 Å². The lowest BCUT2D eigenvalue weighted by Gasteiger charge is -2.34. The fraction of sp³-hybridized carbons (Fsp3) is 0.680. The summed E-state index contributed by atoms with van der Waals surface area (Å²) < 4.78 is 28.5. The Morgan fingerprint density at radius 2 is 1.61 bits per heavy atom. The third-order valence-corrected chi connectivity index (χ3v) is 9.58. The highest BCUT2D eigenvalue weighted by Crippen LogP contribution is 2.40. The molecular formula is C25H35N3O4S. The number of piperidine rings is 1. The van der Waals surface area contributed by atoms with Crippen molar-refractivity contribution in [1.82, 2.24) is 9.21 Å². The Kier molecular flexibility index (Phi) is 6.25. The average molecular weight is 474 g/mol. The van der Waals surface area contributed by atoms with E-state index in [9.17, 15) is 18.0 Å². The number of rotatable bonds is 4. The summed E-state index contributed by atoms with van der Waals surface area (Å²) in [5, 5.41) is 0. The van der Waals surface area contributed by atoms with Crippen molar-refractivity contribution in [2.24, 2.45) is 11.8 Å². The lowest BCUT2D eigenvalue weighted by atomic mass is 9.98. The number of carbonyl (C=O) groups is 2. The topological polar surface area (TPSA) is 78.0 Å². The van der Waals surface area contributed by atoms with Crippen LogP contribution < -0.4 is 4.90 Å². The van der Waals surface area contributed by atoms with E-state index in [1.54, 1.807) is 18.2 Å². The van der Waals surface area contributed by atoms with Crippen LogP contribution in [0, 0.1) is 11.8 Å². The number of hydrogen-bond acceptors (Lipinski definition) is 4. The largest absolute Gasteiger partial charge is 0.342 e. The normalized spacial score (nSPS) is 26.7. The molecule has 3 fully saturated rings. The minimum Gasteiger partial charge on any atom is -0.342 e. The monoisotopic (exact) mass is 473 g/mol. The summed E-state index contributed by atoms with van der Waals surface area (Å²) in [5.74, 6) is 0.165. The van der Waals surface area contributed by atoms with E-state index in [0.717, 1.165) is 69.3 Å². The van der Waals surface area contributed by atoms with Crippen LogP contribution in [0.3, 0.4) is 0 Å². The Hall–Kier alpha value is -1.93. The molecule has 0 unspecified atom stereocenters. The fourth-order valence-electron chi connectivity index (χ4n) is 5.69. The minimum absolute atomic E-state index is 0.0525. The van der Waals surface area contributed by atoms with Crippen molar-refractivity contribution in [2.75, 3.05) is 31.1 Å². The standard InChI is InChI=1S/C25H35N3O4S/c1-18-15-21-16-22(10-11-23(21)28(18)25(30)19-8-9-19)33(31,32)27-14-6-7-20(17-27)24(29)26-12-4-2-3-5-13-26/h10-11,16,18-20H,2-9,12-15,17H2,1H3/t18-,20-/m0/s1. The molecule has 1 aliphatic carbocycles. The molecule has 4 aliphatic rings. The molecule has 0 spiro atoms. The summed E-state index contributed by atoms with van der Waals surface area (Å²) in [5.41, 5.74) is 1.78. The summed E-state index contributed by atoms with van der Waals surface area (Å²) in [4.78, 5) is 29.9. The zero-order chi connectivity index (χ0) is 23.2. The molecule has 0 N–H and O–H groups in total. The lowest BCUT2D eigenvalue weighted by molar-refractivity contribution is -0.136. The van der Waals surface area contributed by atoms with Gasteiger partial charge in [-0.05, 0) is 75.6 Å². The fourth-order valence-corrected chi connectivity index (χ4v) is 7.27. The zero-order valence-corrected chi connectivity index (χ0v) is 20.4. The van der Waals surface area contributed by atoms with Crippen LogP contribution in [-0.4, -0.2) is 61.7 Å². The highest BCUT2D eigenvalue weighted by atomic mass is 32.2. The number of hydrogen-bond donors (Lipinski definition) is 0. The molecular weight excluding hydrogens is 438 g/mol. The molecule has 2 atom stereocenters. The molecule has 2 amide bonds. The molecule has 0 radical (unpaired) electrons. The van der Waals surface area contributed by atoms with Crippen molar-refractivity contribution >= 4 is 27.5 Å². The van der Waals surface area contributed by atoms with E-state index >= 15 is 0 Å². The minimum atomic E-state index is -3.69. The summed E-state index contributed by atoms with van der Waals surface area (Å²) in [6, 6.07) is 5.24. The first-order valence-electron chi connectivity index (χ1n) is 12.6. The first-order valence-corrected chi connectivity index (χ1v) is 14.0. The smallest absolute Gasteiger partial charge is 0.243 e. The summed E-state index contributed by atoms with van der Waals surface area (Å²) in [7, 11) is -3.69. The average Bonchev–Trinajstić information content (AvgIpc) is 3.63. The number of carbonyl (C=O) groups excluding carboxylic acids is 2. The Morgan fingerprint density at radius 3 is 2.30 bits per heavy atom. The molecule has 1 saturated carbocycles. The van der Waals surface area contributed by atoms with Gasteiger partial charge in [-0.3, -0.25) is 9.59 Å². The van der Waals surface area contributed by atoms with E-state index < -0.39 is 10.0 Å². The quantitative estimate of drug-likeness (QED) is 0.673. The molecule has 0 aromatic heterocycles. The third-order valence-electron chi connectivity index (χ3n) is 7.72. The molecule has 2 saturated heterocycles. The Bertz CT molecular complexity index is 1030. The van der Waals surface area contributed by atoms with Gasteiger partial charge in [-0.25, -0.2) is 8.42 Å². The highest BCUT2D eigenvalue weighted by molar-refractivity contribution is 7.89. The SMILES string of the molecule is C[C@H]1Cc2cc(S(=O)(=O)N3CCC[C@H](C(=O)N4CCCCCC4)C3)ccc2N1C(=O)C1CC1. The molecule has 3 aliphatic heterocycles. The summed E-state index contributed by atoms with van der Waals surface area (Å²) in [6.45, 7) is 4.32. The van der Waals surface area contributed by atoms with Crippen LogP contribution in [0.4, 0.5) is 5.69 Å². The number of anilines is 1. The summed E-state index contributed by atoms with van der Waals surface area (Å²) >= 11 is 0. The van der Waals surface area contributed by atoms with E-state index in [-0.39, 0.29) is 41.1 Å². The number of nitrogens with zero attached hydrogens (tertiary/aromatic N) is 3. The molecule has 7 nitrogen and oxygen atoms in total. The van der Waals surface area contributed by atoms with Crippen molar-refractivity contribution in [2.45, 2.75) is 75.6 Å². The first kappa shape index (κ1) is 22.8. The van der Waals surface area contributed by atoms with Crippen molar-refractivity contribution in [3.63, 3.8) is 0 Å². The van der Waals surface area contributed by atoms with Gasteiger partial charge in [-0.15, -0.1) is 0 Å². The van der Waals surface area contributed by atoms with Gasteiger partial charge in [-0.2, -0.15) is 4.31 Å².